The largest absolute Gasteiger partial charge is 0.481 e. The minimum atomic E-state index is -1.38. The van der Waals surface area contributed by atoms with Crippen LogP contribution in [0.5, 0.6) is 0 Å². The zero-order valence-electron chi connectivity index (χ0n) is 26.5. The summed E-state index contributed by atoms with van der Waals surface area (Å²) in [6, 6.07) is -1.61. The van der Waals surface area contributed by atoms with Crippen LogP contribution in [0.3, 0.4) is 0 Å². The number of carboxylic acid groups (broad SMARTS) is 2. The molecule has 0 aliphatic rings. The molecule has 3 amide bonds. The van der Waals surface area contributed by atoms with E-state index >= 15 is 0 Å². The number of amides is 3. The molecule has 0 aliphatic carbocycles. The fraction of sp³-hybridized carbons (Fsp3) is 0.759. The Bertz CT molecular complexity index is 946. The third kappa shape index (κ3) is 22.7. The molecule has 0 saturated heterocycles. The van der Waals surface area contributed by atoms with Crippen molar-refractivity contribution in [1.29, 1.82) is 0 Å². The van der Waals surface area contributed by atoms with E-state index in [4.69, 9.17) is 14.2 Å². The molecule has 0 unspecified atom stereocenters. The summed E-state index contributed by atoms with van der Waals surface area (Å²) >= 11 is 0. The van der Waals surface area contributed by atoms with E-state index in [-0.39, 0.29) is 88.7 Å². The number of nitrogens with one attached hydrogen (secondary N) is 4. The molecule has 0 aromatic rings. The summed E-state index contributed by atoms with van der Waals surface area (Å²) in [7, 11) is 1.71. The van der Waals surface area contributed by atoms with Gasteiger partial charge in [0.15, 0.2) is 0 Å². The maximum absolute atomic E-state index is 12.4. The number of unbranched alkanes of at least 4 members (excludes halogenated alkanes) is 1. The molecule has 258 valence electrons. The number of hydrogen-bond donors (Lipinski definition) is 6. The van der Waals surface area contributed by atoms with Gasteiger partial charge in [-0.1, -0.05) is 0 Å². The molecule has 0 fully saturated rings. The van der Waals surface area contributed by atoms with Gasteiger partial charge in [0.1, 0.15) is 30.8 Å². The van der Waals surface area contributed by atoms with E-state index < -0.39 is 42.2 Å². The summed E-state index contributed by atoms with van der Waals surface area (Å²) in [6.45, 7) is 4.29. The lowest BCUT2D eigenvalue weighted by molar-refractivity contribution is -0.145. The quantitative estimate of drug-likeness (QED) is 0.0559. The molecule has 16 nitrogen and oxygen atoms in total. The molecule has 0 saturated carbocycles. The SMILES string of the molecule is CCOCC(=O)NCCOCCOCC(=O)N[C@@H](CCC(=O)C[C@@H](CCC(=O)NCCCC[C@H](NC)C(C)=O)C(=O)O)C(=O)O. The second-order valence-corrected chi connectivity index (χ2v) is 10.3. The summed E-state index contributed by atoms with van der Waals surface area (Å²) in [6.07, 6.45) is 0.941. The molecule has 16 heteroatoms. The van der Waals surface area contributed by atoms with Crippen molar-refractivity contribution in [2.45, 2.75) is 77.3 Å². The molecule has 0 aliphatic heterocycles. The van der Waals surface area contributed by atoms with Crippen molar-refractivity contribution >= 4 is 41.2 Å². The maximum Gasteiger partial charge on any atom is 0.326 e. The molecule has 0 radical (unpaired) electrons. The van der Waals surface area contributed by atoms with Crippen molar-refractivity contribution in [3.8, 4) is 0 Å². The highest BCUT2D eigenvalue weighted by atomic mass is 16.5. The van der Waals surface area contributed by atoms with Crippen molar-refractivity contribution in [3.05, 3.63) is 0 Å². The van der Waals surface area contributed by atoms with E-state index in [1.54, 1.807) is 14.0 Å². The molecule has 0 aromatic carbocycles. The molecule has 0 heterocycles. The highest BCUT2D eigenvalue weighted by Crippen LogP contribution is 2.15. The summed E-state index contributed by atoms with van der Waals surface area (Å²) in [4.78, 5) is 82.6. The predicted molar refractivity (Wildman–Crippen MR) is 160 cm³/mol. The number of rotatable bonds is 29. The van der Waals surface area contributed by atoms with Crippen molar-refractivity contribution in [3.63, 3.8) is 0 Å². The van der Waals surface area contributed by atoms with Gasteiger partial charge in [-0.2, -0.15) is 0 Å². The van der Waals surface area contributed by atoms with Crippen LogP contribution in [-0.4, -0.2) is 123 Å². The van der Waals surface area contributed by atoms with Crippen LogP contribution in [0.2, 0.25) is 0 Å². The minimum Gasteiger partial charge on any atom is -0.481 e. The number of carboxylic acids is 2. The van der Waals surface area contributed by atoms with Crippen LogP contribution in [-0.2, 0) is 47.8 Å². The monoisotopic (exact) mass is 646 g/mol. The van der Waals surface area contributed by atoms with Crippen LogP contribution in [0.25, 0.3) is 0 Å². The number of likely N-dealkylation sites (N-methyl/N-ethyl adjacent to an activating group) is 1. The predicted octanol–water partition coefficient (Wildman–Crippen LogP) is -0.574. The van der Waals surface area contributed by atoms with Crippen LogP contribution in [0.1, 0.15) is 65.2 Å². The number of ether oxygens (including phenoxy) is 3. The van der Waals surface area contributed by atoms with Crippen molar-refractivity contribution in [1.82, 2.24) is 21.3 Å². The zero-order chi connectivity index (χ0) is 34.0. The average Bonchev–Trinajstić information content (AvgIpc) is 2.98. The molecule has 0 rings (SSSR count). The third-order valence-electron chi connectivity index (χ3n) is 6.58. The molecular weight excluding hydrogens is 596 g/mol. The average molecular weight is 647 g/mol. The molecular formula is C29H50N4O12. The van der Waals surface area contributed by atoms with Crippen LogP contribution in [0, 0.1) is 5.92 Å². The van der Waals surface area contributed by atoms with Gasteiger partial charge in [-0.25, -0.2) is 4.79 Å². The molecule has 0 aromatic heterocycles. The summed E-state index contributed by atoms with van der Waals surface area (Å²) in [5.74, 6) is -5.51. The second kappa shape index (κ2) is 25.8. The van der Waals surface area contributed by atoms with Gasteiger partial charge in [-0.05, 0) is 53.0 Å². The molecule has 45 heavy (non-hydrogen) atoms. The van der Waals surface area contributed by atoms with Crippen molar-refractivity contribution in [2.24, 2.45) is 5.92 Å². The van der Waals surface area contributed by atoms with Gasteiger partial charge in [0.05, 0.1) is 31.8 Å². The lowest BCUT2D eigenvalue weighted by atomic mass is 9.94. The smallest absolute Gasteiger partial charge is 0.326 e. The van der Waals surface area contributed by atoms with Gasteiger partial charge in [0.2, 0.25) is 17.7 Å². The Balaban J connectivity index is 4.29. The zero-order valence-corrected chi connectivity index (χ0v) is 26.5. The number of aliphatic carboxylic acids is 2. The van der Waals surface area contributed by atoms with Gasteiger partial charge in [-0.3, -0.25) is 28.8 Å². The Hall–Kier alpha value is -3.47. The van der Waals surface area contributed by atoms with Crippen LogP contribution in [0.15, 0.2) is 0 Å². The van der Waals surface area contributed by atoms with E-state index in [9.17, 15) is 43.8 Å². The highest BCUT2D eigenvalue weighted by Gasteiger charge is 2.25. The second-order valence-electron chi connectivity index (χ2n) is 10.3. The molecule has 3 atom stereocenters. The third-order valence-corrected chi connectivity index (χ3v) is 6.58. The Morgan fingerprint density at radius 1 is 0.689 bits per heavy atom. The Labute approximate surface area is 263 Å². The van der Waals surface area contributed by atoms with Crippen LogP contribution in [0.4, 0.5) is 0 Å². The lowest BCUT2D eigenvalue weighted by Gasteiger charge is -2.16. The molecule has 0 spiro atoms. The topological polar surface area (TPSA) is 236 Å². The Morgan fingerprint density at radius 3 is 1.98 bits per heavy atom. The van der Waals surface area contributed by atoms with Crippen molar-refractivity contribution in [2.75, 3.05) is 59.8 Å². The van der Waals surface area contributed by atoms with Crippen LogP contribution >= 0.6 is 0 Å². The van der Waals surface area contributed by atoms with Gasteiger partial charge < -0.3 is 45.7 Å². The lowest BCUT2D eigenvalue weighted by Crippen LogP contribution is -2.43. The van der Waals surface area contributed by atoms with E-state index in [2.05, 4.69) is 21.3 Å². The van der Waals surface area contributed by atoms with Gasteiger partial charge in [0, 0.05) is 39.0 Å². The number of Topliss-reactive ketones (excluding diaryl/α,β-unsaturated/α-hetero) is 2. The summed E-state index contributed by atoms with van der Waals surface area (Å²) < 4.78 is 15.4. The number of ketones is 2. The standard InChI is InChI=1S/C29H50N4O12/c1-4-43-18-26(37)32-13-14-44-15-16-45-19-27(38)33-24(29(41)42)10-9-22(35)17-21(28(39)40)8-11-25(36)31-12-6-5-7-23(30-3)20(2)34/h21,23-24,30H,4-19H2,1-3H3,(H,31,36)(H,32,37)(H,33,38)(H,39,40)(H,41,42)/t21-,23+,24+/m1/s1. The Morgan fingerprint density at radius 2 is 1.36 bits per heavy atom. The first-order valence-electron chi connectivity index (χ1n) is 15.1. The summed E-state index contributed by atoms with van der Waals surface area (Å²) in [5, 5.41) is 29.4. The van der Waals surface area contributed by atoms with E-state index in [1.165, 1.54) is 6.92 Å². The van der Waals surface area contributed by atoms with E-state index in [1.807, 2.05) is 0 Å². The number of carbonyl (C=O) groups is 7. The minimum absolute atomic E-state index is 0.0336. The summed E-state index contributed by atoms with van der Waals surface area (Å²) in [5.41, 5.74) is 0. The van der Waals surface area contributed by atoms with Gasteiger partial charge >= 0.3 is 11.9 Å². The van der Waals surface area contributed by atoms with Crippen molar-refractivity contribution < 1.29 is 58.0 Å². The maximum atomic E-state index is 12.4. The highest BCUT2D eigenvalue weighted by molar-refractivity contribution is 5.87. The fourth-order valence-electron chi connectivity index (χ4n) is 4.03. The van der Waals surface area contributed by atoms with E-state index in [0.717, 1.165) is 6.42 Å². The first-order chi connectivity index (χ1) is 21.4. The molecule has 0 bridgehead atoms. The molecule has 6 N–H and O–H groups in total. The first-order valence-corrected chi connectivity index (χ1v) is 15.1. The fourth-order valence-corrected chi connectivity index (χ4v) is 4.03. The number of hydrogen-bond acceptors (Lipinski definition) is 11. The van der Waals surface area contributed by atoms with Gasteiger partial charge in [0.25, 0.3) is 0 Å². The number of carbonyl (C=O) groups excluding carboxylic acids is 5. The Kier molecular flexibility index (Phi) is 23.8. The van der Waals surface area contributed by atoms with Gasteiger partial charge in [-0.15, -0.1) is 0 Å². The van der Waals surface area contributed by atoms with E-state index in [0.29, 0.717) is 26.0 Å². The first kappa shape index (κ1) is 41.5. The van der Waals surface area contributed by atoms with Crippen LogP contribution < -0.4 is 21.3 Å². The normalized spacial score (nSPS) is 12.9.